The molecule has 2 aliphatic carbocycles. The van der Waals surface area contributed by atoms with Gasteiger partial charge in [-0.05, 0) is 67.7 Å². The quantitative estimate of drug-likeness (QED) is 0.812. The summed E-state index contributed by atoms with van der Waals surface area (Å²) in [6.07, 6.45) is 6.51. The SMILES string of the molecule is CC1CCC(C(=O)NC2CCc3cc(N)ccc32)CC1. The zero-order valence-corrected chi connectivity index (χ0v) is 12.2. The number of hydrogen-bond donors (Lipinski definition) is 2. The minimum Gasteiger partial charge on any atom is -0.399 e. The van der Waals surface area contributed by atoms with Crippen LogP contribution in [0.3, 0.4) is 0 Å². The number of nitrogens with one attached hydrogen (secondary N) is 1. The molecule has 3 nitrogen and oxygen atoms in total. The third kappa shape index (κ3) is 2.67. The zero-order valence-electron chi connectivity index (χ0n) is 12.2. The van der Waals surface area contributed by atoms with Gasteiger partial charge in [-0.15, -0.1) is 0 Å². The molecule has 20 heavy (non-hydrogen) atoms. The molecular formula is C17H24N2O. The van der Waals surface area contributed by atoms with Crippen LogP contribution in [0.2, 0.25) is 0 Å². The van der Waals surface area contributed by atoms with E-state index in [1.54, 1.807) is 0 Å². The summed E-state index contributed by atoms with van der Waals surface area (Å²) in [7, 11) is 0. The van der Waals surface area contributed by atoms with Crippen molar-refractivity contribution in [3.8, 4) is 0 Å². The van der Waals surface area contributed by atoms with Crippen LogP contribution in [0.15, 0.2) is 18.2 Å². The Morgan fingerprint density at radius 1 is 1.20 bits per heavy atom. The van der Waals surface area contributed by atoms with Gasteiger partial charge in [0, 0.05) is 11.6 Å². The number of rotatable bonds is 2. The molecule has 0 aromatic heterocycles. The summed E-state index contributed by atoms with van der Waals surface area (Å²) in [5.41, 5.74) is 9.20. The first-order chi connectivity index (χ1) is 9.63. The summed E-state index contributed by atoms with van der Waals surface area (Å²) >= 11 is 0. The number of aryl methyl sites for hydroxylation is 1. The number of carbonyl (C=O) groups is 1. The molecule has 0 radical (unpaired) electrons. The van der Waals surface area contributed by atoms with Crippen molar-refractivity contribution in [2.24, 2.45) is 11.8 Å². The average molecular weight is 272 g/mol. The summed E-state index contributed by atoms with van der Waals surface area (Å²) in [5.74, 6) is 1.27. The van der Waals surface area contributed by atoms with Gasteiger partial charge >= 0.3 is 0 Å². The van der Waals surface area contributed by atoms with Gasteiger partial charge in [0.1, 0.15) is 0 Å². The first kappa shape index (κ1) is 13.5. The van der Waals surface area contributed by atoms with Crippen LogP contribution >= 0.6 is 0 Å². The van der Waals surface area contributed by atoms with Gasteiger partial charge < -0.3 is 11.1 Å². The predicted octanol–water partition coefficient (Wildman–Crippen LogP) is 3.20. The van der Waals surface area contributed by atoms with Gasteiger partial charge in [-0.3, -0.25) is 4.79 Å². The third-order valence-electron chi connectivity index (χ3n) is 4.95. The van der Waals surface area contributed by atoms with Gasteiger partial charge in [0.25, 0.3) is 0 Å². The van der Waals surface area contributed by atoms with Gasteiger partial charge in [0.2, 0.25) is 5.91 Å². The largest absolute Gasteiger partial charge is 0.399 e. The number of anilines is 1. The number of nitrogen functional groups attached to an aromatic ring is 1. The Hall–Kier alpha value is -1.51. The molecule has 0 bridgehead atoms. The van der Waals surface area contributed by atoms with E-state index in [2.05, 4.69) is 18.3 Å². The Balaban J connectivity index is 1.64. The van der Waals surface area contributed by atoms with Gasteiger partial charge in [0.05, 0.1) is 6.04 Å². The maximum Gasteiger partial charge on any atom is 0.223 e. The molecule has 0 spiro atoms. The number of hydrogen-bond acceptors (Lipinski definition) is 2. The first-order valence-corrected chi connectivity index (χ1v) is 7.82. The van der Waals surface area contributed by atoms with Crippen molar-refractivity contribution < 1.29 is 4.79 Å². The van der Waals surface area contributed by atoms with E-state index in [0.29, 0.717) is 0 Å². The monoisotopic (exact) mass is 272 g/mol. The van der Waals surface area contributed by atoms with Crippen LogP contribution in [0.1, 0.15) is 56.2 Å². The molecule has 2 aliphatic rings. The van der Waals surface area contributed by atoms with Crippen LogP contribution in [0.25, 0.3) is 0 Å². The summed E-state index contributed by atoms with van der Waals surface area (Å²) in [5, 5.41) is 3.26. The van der Waals surface area contributed by atoms with Crippen LogP contribution in [-0.4, -0.2) is 5.91 Å². The second kappa shape index (κ2) is 5.47. The standard InChI is InChI=1S/C17H24N2O/c1-11-2-4-12(5-3-11)17(20)19-16-9-6-13-10-14(18)7-8-15(13)16/h7-8,10-12,16H,2-6,9,18H2,1H3,(H,19,20). The second-order valence-electron chi connectivity index (χ2n) is 6.51. The fourth-order valence-electron chi connectivity index (χ4n) is 3.60. The molecule has 0 aliphatic heterocycles. The molecule has 1 aromatic carbocycles. The van der Waals surface area contributed by atoms with Crippen molar-refractivity contribution in [1.29, 1.82) is 0 Å². The smallest absolute Gasteiger partial charge is 0.223 e. The lowest BCUT2D eigenvalue weighted by Gasteiger charge is -2.26. The van der Waals surface area contributed by atoms with Crippen LogP contribution in [0.4, 0.5) is 5.69 Å². The van der Waals surface area contributed by atoms with Gasteiger partial charge in [-0.2, -0.15) is 0 Å². The minimum absolute atomic E-state index is 0.192. The van der Waals surface area contributed by atoms with E-state index < -0.39 is 0 Å². The summed E-state index contributed by atoms with van der Waals surface area (Å²) in [6.45, 7) is 2.28. The summed E-state index contributed by atoms with van der Waals surface area (Å²) in [6, 6.07) is 6.25. The fourth-order valence-corrected chi connectivity index (χ4v) is 3.60. The Bertz CT molecular complexity index is 504. The maximum atomic E-state index is 12.4. The Kier molecular flexibility index (Phi) is 3.68. The van der Waals surface area contributed by atoms with Crippen LogP contribution in [0.5, 0.6) is 0 Å². The van der Waals surface area contributed by atoms with E-state index >= 15 is 0 Å². The third-order valence-corrected chi connectivity index (χ3v) is 4.95. The van der Waals surface area contributed by atoms with E-state index in [1.807, 2.05) is 12.1 Å². The maximum absolute atomic E-state index is 12.4. The molecule has 3 rings (SSSR count). The fraction of sp³-hybridized carbons (Fsp3) is 0.588. The highest BCUT2D eigenvalue weighted by Crippen LogP contribution is 2.34. The van der Waals surface area contributed by atoms with Crippen molar-refractivity contribution in [3.05, 3.63) is 29.3 Å². The zero-order chi connectivity index (χ0) is 14.1. The Morgan fingerprint density at radius 3 is 2.70 bits per heavy atom. The number of amides is 1. The predicted molar refractivity (Wildman–Crippen MR) is 81.2 cm³/mol. The highest BCUT2D eigenvalue weighted by molar-refractivity contribution is 5.79. The second-order valence-corrected chi connectivity index (χ2v) is 6.51. The molecule has 1 amide bonds. The van der Waals surface area contributed by atoms with E-state index in [0.717, 1.165) is 37.3 Å². The minimum atomic E-state index is 0.192. The topological polar surface area (TPSA) is 55.1 Å². The highest BCUT2D eigenvalue weighted by Gasteiger charge is 2.29. The Morgan fingerprint density at radius 2 is 1.95 bits per heavy atom. The normalized spacial score (nSPS) is 28.9. The average Bonchev–Trinajstić information content (AvgIpc) is 2.81. The van der Waals surface area contributed by atoms with Crippen molar-refractivity contribution >= 4 is 11.6 Å². The van der Waals surface area contributed by atoms with Gasteiger partial charge in [-0.1, -0.05) is 13.0 Å². The lowest BCUT2D eigenvalue weighted by atomic mass is 9.82. The first-order valence-electron chi connectivity index (χ1n) is 7.82. The number of carbonyl (C=O) groups excluding carboxylic acids is 1. The molecular weight excluding hydrogens is 248 g/mol. The van der Waals surface area contributed by atoms with Crippen molar-refractivity contribution in [3.63, 3.8) is 0 Å². The van der Waals surface area contributed by atoms with E-state index in [9.17, 15) is 4.79 Å². The van der Waals surface area contributed by atoms with E-state index in [1.165, 1.54) is 24.0 Å². The number of benzene rings is 1. The molecule has 3 N–H and O–H groups in total. The van der Waals surface area contributed by atoms with Crippen LogP contribution < -0.4 is 11.1 Å². The molecule has 1 unspecified atom stereocenters. The highest BCUT2D eigenvalue weighted by atomic mass is 16.1. The van der Waals surface area contributed by atoms with Crippen molar-refractivity contribution in [1.82, 2.24) is 5.32 Å². The summed E-state index contributed by atoms with van der Waals surface area (Å²) < 4.78 is 0. The molecule has 1 fully saturated rings. The van der Waals surface area contributed by atoms with Crippen LogP contribution in [-0.2, 0) is 11.2 Å². The molecule has 1 atom stereocenters. The lowest BCUT2D eigenvalue weighted by Crippen LogP contribution is -2.34. The molecule has 1 saturated carbocycles. The number of nitrogens with two attached hydrogens (primary N) is 1. The molecule has 0 heterocycles. The Labute approximate surface area is 120 Å². The van der Waals surface area contributed by atoms with E-state index in [4.69, 9.17) is 5.73 Å². The number of fused-ring (bicyclic) bond motifs is 1. The lowest BCUT2D eigenvalue weighted by molar-refractivity contribution is -0.126. The van der Waals surface area contributed by atoms with E-state index in [-0.39, 0.29) is 17.9 Å². The molecule has 108 valence electrons. The molecule has 0 saturated heterocycles. The molecule has 3 heteroatoms. The van der Waals surface area contributed by atoms with Gasteiger partial charge in [-0.25, -0.2) is 0 Å². The molecule has 1 aromatic rings. The summed E-state index contributed by atoms with van der Waals surface area (Å²) in [4.78, 5) is 12.4. The van der Waals surface area contributed by atoms with Crippen LogP contribution in [0, 0.1) is 11.8 Å². The van der Waals surface area contributed by atoms with Crippen molar-refractivity contribution in [2.45, 2.75) is 51.5 Å². The van der Waals surface area contributed by atoms with Crippen molar-refractivity contribution in [2.75, 3.05) is 5.73 Å². The van der Waals surface area contributed by atoms with Gasteiger partial charge in [0.15, 0.2) is 0 Å².